The molecular weight excluding hydrogens is 526 g/mol. The molecule has 0 unspecified atom stereocenters. The van der Waals surface area contributed by atoms with Gasteiger partial charge in [-0.2, -0.15) is 0 Å². The van der Waals surface area contributed by atoms with Gasteiger partial charge in [0.2, 0.25) is 0 Å². The van der Waals surface area contributed by atoms with Crippen molar-refractivity contribution in [1.82, 2.24) is 24.4 Å². The summed E-state index contributed by atoms with van der Waals surface area (Å²) in [7, 11) is 0. The van der Waals surface area contributed by atoms with Gasteiger partial charge >= 0.3 is 0 Å². The molecule has 0 saturated carbocycles. The van der Waals surface area contributed by atoms with Gasteiger partial charge in [-0.1, -0.05) is 62.4 Å². The van der Waals surface area contributed by atoms with Crippen LogP contribution in [0.4, 0.5) is 5.82 Å². The highest BCUT2D eigenvalue weighted by Gasteiger charge is 2.20. The minimum absolute atomic E-state index is 0.446. The molecule has 7 nitrogen and oxygen atoms in total. The molecule has 0 amide bonds. The molecule has 3 aromatic heterocycles. The number of hydrogen-bond donors (Lipinski definition) is 3. The maximum Gasteiger partial charge on any atom is 0.165 e. The summed E-state index contributed by atoms with van der Waals surface area (Å²) in [5, 5.41) is 4.19. The van der Waals surface area contributed by atoms with E-state index in [0.29, 0.717) is 11.7 Å². The molecule has 1 aliphatic rings. The number of imidazole rings is 1. The van der Waals surface area contributed by atoms with Gasteiger partial charge in [0.25, 0.3) is 0 Å². The second-order valence-electron chi connectivity index (χ2n) is 9.63. The van der Waals surface area contributed by atoms with Crippen molar-refractivity contribution in [3.8, 4) is 28.3 Å². The zero-order valence-electron chi connectivity index (χ0n) is 23.8. The van der Waals surface area contributed by atoms with E-state index in [9.17, 15) is 0 Å². The number of allylic oxidation sites excluding steroid dienone is 1. The summed E-state index contributed by atoms with van der Waals surface area (Å²) in [6.07, 6.45) is 6.18. The lowest BCUT2D eigenvalue weighted by Gasteiger charge is -2.30. The lowest BCUT2D eigenvalue weighted by molar-refractivity contribution is 0.196. The van der Waals surface area contributed by atoms with E-state index in [4.69, 9.17) is 15.7 Å². The van der Waals surface area contributed by atoms with Crippen LogP contribution in [-0.2, 0) is 6.54 Å². The van der Waals surface area contributed by atoms with Crippen LogP contribution in [-0.4, -0.2) is 37.5 Å². The van der Waals surface area contributed by atoms with Gasteiger partial charge < -0.3 is 5.73 Å². The van der Waals surface area contributed by atoms with Gasteiger partial charge in [-0.15, -0.1) is 19.4 Å². The van der Waals surface area contributed by atoms with Crippen LogP contribution in [0.25, 0.3) is 39.5 Å². The highest BCUT2D eigenvalue weighted by Crippen LogP contribution is 2.32. The standard InChI is InChI=1S/C31H30N6.C2H6.H3NS/c1-2-22-16-19-36(20-17-22)21-23-10-12-25(13-11-23)37-30(26-9-6-18-33-29(26)32)35-28-15-14-27(34-31(28)37)24-7-4-3-5-8-24;2*1-2/h2-15,18,22H,1,16-17,19-21H2,(H2,32,33);1-2H3;2H,1H2. The topological polar surface area (TPSA) is 98.9 Å². The Bertz CT molecular complexity index is 1540. The molecule has 0 bridgehead atoms. The fourth-order valence-corrected chi connectivity index (χ4v) is 5.11. The molecule has 0 radical (unpaired) electrons. The predicted octanol–water partition coefficient (Wildman–Crippen LogP) is 6.95. The van der Waals surface area contributed by atoms with Crippen molar-refractivity contribution in [2.75, 3.05) is 18.8 Å². The Morgan fingerprint density at radius 1 is 0.902 bits per heavy atom. The van der Waals surface area contributed by atoms with Crippen molar-refractivity contribution in [1.29, 1.82) is 0 Å². The molecule has 4 heterocycles. The Hall–Kier alpha value is -3.98. The number of likely N-dealkylation sites (tertiary alicyclic amines) is 1. The van der Waals surface area contributed by atoms with E-state index in [1.807, 2.05) is 56.3 Å². The Balaban J connectivity index is 0.000000929. The summed E-state index contributed by atoms with van der Waals surface area (Å²) in [6, 6.07) is 26.8. The minimum atomic E-state index is 0.446. The summed E-state index contributed by atoms with van der Waals surface area (Å²) >= 11 is 3.03. The van der Waals surface area contributed by atoms with Crippen molar-refractivity contribution >= 4 is 29.8 Å². The van der Waals surface area contributed by atoms with E-state index in [1.54, 1.807) is 6.20 Å². The average Bonchev–Trinajstić information content (AvgIpc) is 3.43. The number of hydrogen-bond acceptors (Lipinski definition) is 7. The number of thiol groups is 1. The van der Waals surface area contributed by atoms with Crippen molar-refractivity contribution < 1.29 is 0 Å². The summed E-state index contributed by atoms with van der Waals surface area (Å²) in [4.78, 5) is 16.8. The van der Waals surface area contributed by atoms with E-state index >= 15 is 0 Å². The summed E-state index contributed by atoms with van der Waals surface area (Å²) in [6.45, 7) is 11.1. The molecule has 2 aromatic carbocycles. The van der Waals surface area contributed by atoms with Crippen LogP contribution in [0.15, 0.2) is 97.7 Å². The molecule has 0 spiro atoms. The van der Waals surface area contributed by atoms with Crippen molar-refractivity contribution in [3.05, 3.63) is 103 Å². The second-order valence-corrected chi connectivity index (χ2v) is 9.63. The van der Waals surface area contributed by atoms with Crippen LogP contribution in [0.5, 0.6) is 0 Å². The van der Waals surface area contributed by atoms with Crippen LogP contribution in [0, 0.1) is 5.92 Å². The van der Waals surface area contributed by atoms with Crippen LogP contribution in [0.3, 0.4) is 0 Å². The molecule has 41 heavy (non-hydrogen) atoms. The molecule has 1 fully saturated rings. The first-order valence-electron chi connectivity index (χ1n) is 14.1. The fourth-order valence-electron chi connectivity index (χ4n) is 5.11. The van der Waals surface area contributed by atoms with E-state index in [2.05, 4.69) is 81.5 Å². The number of piperidine rings is 1. The number of benzene rings is 2. The third-order valence-electron chi connectivity index (χ3n) is 7.22. The first kappa shape index (κ1) is 30.0. The number of rotatable bonds is 6. The molecule has 8 heteroatoms. The number of nitrogens with zero attached hydrogens (tertiary/aromatic N) is 5. The van der Waals surface area contributed by atoms with Gasteiger partial charge in [0, 0.05) is 24.0 Å². The summed E-state index contributed by atoms with van der Waals surface area (Å²) < 4.78 is 2.09. The van der Waals surface area contributed by atoms with Gasteiger partial charge in [0.05, 0.1) is 11.3 Å². The molecule has 6 rings (SSSR count). The maximum atomic E-state index is 6.29. The molecule has 4 N–H and O–H groups in total. The highest BCUT2D eigenvalue weighted by atomic mass is 32.1. The molecule has 5 aromatic rings. The number of aromatic nitrogens is 4. The zero-order valence-corrected chi connectivity index (χ0v) is 24.7. The van der Waals surface area contributed by atoms with Gasteiger partial charge in [-0.3, -0.25) is 14.6 Å². The van der Waals surface area contributed by atoms with Crippen LogP contribution in [0.2, 0.25) is 0 Å². The van der Waals surface area contributed by atoms with Crippen molar-refractivity contribution in [2.24, 2.45) is 11.1 Å². The number of nitrogens with two attached hydrogens (primary N) is 2. The van der Waals surface area contributed by atoms with E-state index in [0.717, 1.165) is 59.1 Å². The van der Waals surface area contributed by atoms with E-state index in [-0.39, 0.29) is 0 Å². The molecule has 0 atom stereocenters. The number of nitrogen functional groups attached to an aromatic ring is 1. The molecule has 1 saturated heterocycles. The van der Waals surface area contributed by atoms with Gasteiger partial charge in [-0.25, -0.2) is 15.0 Å². The smallest absolute Gasteiger partial charge is 0.165 e. The van der Waals surface area contributed by atoms with Crippen LogP contribution in [0.1, 0.15) is 32.3 Å². The molecular formula is C33H39N7S. The maximum absolute atomic E-state index is 6.29. The summed E-state index contributed by atoms with van der Waals surface area (Å²) in [5.74, 6) is 1.83. The first-order valence-corrected chi connectivity index (χ1v) is 14.6. The van der Waals surface area contributed by atoms with E-state index < -0.39 is 0 Å². The third-order valence-corrected chi connectivity index (χ3v) is 7.22. The van der Waals surface area contributed by atoms with Gasteiger partial charge in [0.15, 0.2) is 11.5 Å². The molecule has 1 aliphatic heterocycles. The lowest BCUT2D eigenvalue weighted by Crippen LogP contribution is -2.32. The van der Waals surface area contributed by atoms with Gasteiger partial charge in [-0.05, 0) is 73.8 Å². The monoisotopic (exact) mass is 565 g/mol. The summed E-state index contributed by atoms with van der Waals surface area (Å²) in [5.41, 5.74) is 12.9. The third kappa shape index (κ3) is 6.85. The highest BCUT2D eigenvalue weighted by molar-refractivity contribution is 7.77. The minimum Gasteiger partial charge on any atom is -0.383 e. The van der Waals surface area contributed by atoms with Crippen LogP contribution < -0.4 is 10.9 Å². The first-order chi connectivity index (χ1) is 20.2. The lowest BCUT2D eigenvalue weighted by atomic mass is 9.97. The Kier molecular flexibility index (Phi) is 10.7. The predicted molar refractivity (Wildman–Crippen MR) is 175 cm³/mol. The molecule has 212 valence electrons. The SMILES string of the molecule is C=CC1CCN(Cc2ccc(-n3c(-c4cccnc4N)nc4ccc(-c5ccccc5)nc43)cc2)CC1.CC.NS. The molecule has 0 aliphatic carbocycles. The average molecular weight is 566 g/mol. The zero-order chi connectivity index (χ0) is 29.2. The van der Waals surface area contributed by atoms with E-state index in [1.165, 1.54) is 18.4 Å². The van der Waals surface area contributed by atoms with Crippen LogP contribution >= 0.6 is 12.8 Å². The number of pyridine rings is 2. The van der Waals surface area contributed by atoms with Crippen molar-refractivity contribution in [3.63, 3.8) is 0 Å². The number of anilines is 1. The number of fused-ring (bicyclic) bond motifs is 1. The Morgan fingerprint density at radius 2 is 1.61 bits per heavy atom. The normalized spacial score (nSPS) is 13.6. The quantitative estimate of drug-likeness (QED) is 0.152. The van der Waals surface area contributed by atoms with Gasteiger partial charge in [0.1, 0.15) is 11.3 Å². The second kappa shape index (κ2) is 14.6. The largest absolute Gasteiger partial charge is 0.383 e. The Labute approximate surface area is 248 Å². The Morgan fingerprint density at radius 3 is 2.27 bits per heavy atom. The van der Waals surface area contributed by atoms with Crippen molar-refractivity contribution in [2.45, 2.75) is 33.2 Å². The fraction of sp³-hybridized carbons (Fsp3) is 0.242.